The van der Waals surface area contributed by atoms with Crippen LogP contribution in [0.3, 0.4) is 0 Å². The molecule has 1 heterocycles. The predicted octanol–water partition coefficient (Wildman–Crippen LogP) is 3.99. The third kappa shape index (κ3) is 5.45. The molecule has 7 nitrogen and oxygen atoms in total. The van der Waals surface area contributed by atoms with Crippen LogP contribution in [0, 0.1) is 13.8 Å². The van der Waals surface area contributed by atoms with Crippen LogP contribution in [0.4, 0.5) is 4.79 Å². The van der Waals surface area contributed by atoms with Gasteiger partial charge < -0.3 is 5.73 Å². The molecule has 1 aromatic heterocycles. The number of nitrogens with one attached hydrogen (secondary N) is 1. The van der Waals surface area contributed by atoms with Crippen molar-refractivity contribution in [3.05, 3.63) is 58.1 Å². The van der Waals surface area contributed by atoms with E-state index in [-0.39, 0.29) is 6.42 Å². The summed E-state index contributed by atoms with van der Waals surface area (Å²) in [4.78, 5) is 22.5. The van der Waals surface area contributed by atoms with E-state index in [1.807, 2.05) is 42.7 Å². The zero-order valence-corrected chi connectivity index (χ0v) is 18.4. The van der Waals surface area contributed by atoms with E-state index in [4.69, 9.17) is 5.73 Å². The van der Waals surface area contributed by atoms with E-state index >= 15 is 0 Å². The largest absolute Gasteiger partial charge is 0.351 e. The quantitative estimate of drug-likeness (QED) is 0.526. The summed E-state index contributed by atoms with van der Waals surface area (Å²) in [7, 11) is 0. The van der Waals surface area contributed by atoms with E-state index < -0.39 is 11.9 Å². The Morgan fingerprint density at radius 3 is 2.38 bits per heavy atom. The number of amides is 3. The Hall–Kier alpha value is -2.65. The molecule has 0 aliphatic heterocycles. The first kappa shape index (κ1) is 21.1. The Balaban J connectivity index is 1.95. The maximum Gasteiger partial charge on any atom is 0.318 e. The number of hydrogen-bond donors (Lipinski definition) is 2. The van der Waals surface area contributed by atoms with Crippen molar-refractivity contribution in [1.29, 1.82) is 0 Å². The number of carbonyl (C=O) groups is 2. The molecule has 0 atom stereocenters. The van der Waals surface area contributed by atoms with Crippen molar-refractivity contribution in [2.24, 2.45) is 5.73 Å². The fourth-order valence-corrected chi connectivity index (χ4v) is 4.05. The number of rotatable bonds is 6. The van der Waals surface area contributed by atoms with Gasteiger partial charge >= 0.3 is 6.03 Å². The maximum atomic E-state index is 11.7. The van der Waals surface area contributed by atoms with Gasteiger partial charge in [0.05, 0.1) is 5.69 Å². The zero-order chi connectivity index (χ0) is 21.0. The van der Waals surface area contributed by atoms with Crippen molar-refractivity contribution >= 4 is 39.6 Å². The topological polar surface area (TPSA) is 103 Å². The Morgan fingerprint density at radius 1 is 1.10 bits per heavy atom. The Kier molecular flexibility index (Phi) is 6.71. The van der Waals surface area contributed by atoms with E-state index in [0.717, 1.165) is 26.9 Å². The summed E-state index contributed by atoms with van der Waals surface area (Å²) >= 11 is 4.85. The molecule has 3 amide bonds. The molecule has 0 spiro atoms. The summed E-state index contributed by atoms with van der Waals surface area (Å²) in [6, 6.07) is 13.3. The van der Waals surface area contributed by atoms with Gasteiger partial charge in [0.2, 0.25) is 5.91 Å². The summed E-state index contributed by atoms with van der Waals surface area (Å²) in [6.45, 7) is 4.09. The van der Waals surface area contributed by atoms with Crippen molar-refractivity contribution < 1.29 is 9.59 Å². The van der Waals surface area contributed by atoms with Crippen LogP contribution >= 0.6 is 27.7 Å². The second-order valence-corrected chi connectivity index (χ2v) is 8.48. The number of carbonyl (C=O) groups excluding carboxylic acids is 2. The summed E-state index contributed by atoms with van der Waals surface area (Å²) in [5, 5.41) is 11.5. The van der Waals surface area contributed by atoms with Crippen molar-refractivity contribution in [1.82, 2.24) is 20.1 Å². The number of primary amides is 1. The molecule has 3 N–H and O–H groups in total. The van der Waals surface area contributed by atoms with Gasteiger partial charge in [0.15, 0.2) is 11.0 Å². The molecule has 29 heavy (non-hydrogen) atoms. The first-order chi connectivity index (χ1) is 13.8. The number of imide groups is 1. The Morgan fingerprint density at radius 2 is 1.76 bits per heavy atom. The average Bonchev–Trinajstić information content (AvgIpc) is 3.05. The molecule has 0 aliphatic carbocycles. The highest BCUT2D eigenvalue weighted by Gasteiger charge is 2.17. The maximum absolute atomic E-state index is 11.7. The lowest BCUT2D eigenvalue weighted by Gasteiger charge is -2.12. The molecule has 0 bridgehead atoms. The zero-order valence-electron chi connectivity index (χ0n) is 16.0. The van der Waals surface area contributed by atoms with Gasteiger partial charge in [-0.25, -0.2) is 4.79 Å². The number of aryl methyl sites for hydroxylation is 2. The fourth-order valence-electron chi connectivity index (χ4n) is 2.90. The van der Waals surface area contributed by atoms with Crippen LogP contribution in [-0.4, -0.2) is 32.5 Å². The fraction of sp³-hybridized carbons (Fsp3) is 0.200. The third-order valence-corrected chi connectivity index (χ3v) is 5.48. The van der Waals surface area contributed by atoms with Gasteiger partial charge in [0, 0.05) is 22.2 Å². The molecule has 0 radical (unpaired) electrons. The summed E-state index contributed by atoms with van der Waals surface area (Å²) < 4.78 is 2.97. The molecular formula is C20H20BrN5O2S. The number of nitrogens with zero attached hydrogens (tertiary/aromatic N) is 3. The van der Waals surface area contributed by atoms with E-state index in [9.17, 15) is 9.59 Å². The molecule has 0 aliphatic rings. The van der Waals surface area contributed by atoms with Crippen LogP contribution in [-0.2, 0) is 4.79 Å². The monoisotopic (exact) mass is 473 g/mol. The first-order valence-electron chi connectivity index (χ1n) is 8.85. The molecule has 9 heteroatoms. The lowest BCUT2D eigenvalue weighted by Crippen LogP contribution is -2.35. The van der Waals surface area contributed by atoms with Gasteiger partial charge in [0.1, 0.15) is 0 Å². The number of benzene rings is 2. The molecule has 0 unspecified atom stereocenters. The Labute approximate surface area is 181 Å². The van der Waals surface area contributed by atoms with Crippen LogP contribution in [0.25, 0.3) is 17.1 Å². The van der Waals surface area contributed by atoms with E-state index in [2.05, 4.69) is 49.6 Å². The number of halogens is 1. The summed E-state index contributed by atoms with van der Waals surface area (Å²) in [5.41, 5.74) is 9.12. The van der Waals surface area contributed by atoms with Crippen molar-refractivity contribution in [2.75, 3.05) is 5.75 Å². The predicted molar refractivity (Wildman–Crippen MR) is 117 cm³/mol. The number of aromatic nitrogens is 3. The summed E-state index contributed by atoms with van der Waals surface area (Å²) in [6.07, 6.45) is 0.140. The standard InChI is InChI=1S/C20H20BrN5O2S/c1-12-9-13(2)11-16(10-12)26-18(14-3-5-15(21)6-4-14)24-25-20(26)29-8-7-17(27)23-19(22)28/h3-6,9-11H,7-8H2,1-2H3,(H3,22,23,27,28). The third-order valence-electron chi connectivity index (χ3n) is 4.02. The lowest BCUT2D eigenvalue weighted by atomic mass is 10.1. The smallest absolute Gasteiger partial charge is 0.318 e. The van der Waals surface area contributed by atoms with Crippen LogP contribution in [0.1, 0.15) is 17.5 Å². The number of nitrogens with two attached hydrogens (primary N) is 1. The molecule has 150 valence electrons. The van der Waals surface area contributed by atoms with Crippen molar-refractivity contribution in [3.8, 4) is 17.1 Å². The highest BCUT2D eigenvalue weighted by molar-refractivity contribution is 9.10. The Bertz CT molecular complexity index is 1030. The summed E-state index contributed by atoms with van der Waals surface area (Å²) in [5.74, 6) is 0.727. The van der Waals surface area contributed by atoms with E-state index in [0.29, 0.717) is 16.7 Å². The lowest BCUT2D eigenvalue weighted by molar-refractivity contribution is -0.119. The van der Waals surface area contributed by atoms with Gasteiger partial charge in [-0.05, 0) is 49.2 Å². The molecule has 0 saturated heterocycles. The molecular weight excluding hydrogens is 454 g/mol. The van der Waals surface area contributed by atoms with Gasteiger partial charge in [-0.2, -0.15) is 0 Å². The van der Waals surface area contributed by atoms with Crippen molar-refractivity contribution in [2.45, 2.75) is 25.4 Å². The highest BCUT2D eigenvalue weighted by Crippen LogP contribution is 2.30. The SMILES string of the molecule is Cc1cc(C)cc(-n2c(SCCC(=O)NC(N)=O)nnc2-c2ccc(Br)cc2)c1. The highest BCUT2D eigenvalue weighted by atomic mass is 79.9. The number of urea groups is 1. The molecule has 2 aromatic carbocycles. The van der Waals surface area contributed by atoms with Crippen LogP contribution in [0.15, 0.2) is 52.1 Å². The minimum atomic E-state index is -0.851. The van der Waals surface area contributed by atoms with Crippen molar-refractivity contribution in [3.63, 3.8) is 0 Å². The molecule has 0 fully saturated rings. The number of hydrogen-bond acceptors (Lipinski definition) is 5. The van der Waals surface area contributed by atoms with Crippen LogP contribution in [0.5, 0.6) is 0 Å². The molecule has 0 saturated carbocycles. The molecule has 3 rings (SSSR count). The minimum Gasteiger partial charge on any atom is -0.351 e. The number of thioether (sulfide) groups is 1. The minimum absolute atomic E-state index is 0.140. The van der Waals surface area contributed by atoms with Gasteiger partial charge in [-0.1, -0.05) is 45.9 Å². The molecule has 3 aromatic rings. The first-order valence-corrected chi connectivity index (χ1v) is 10.6. The van der Waals surface area contributed by atoms with Gasteiger partial charge in [-0.15, -0.1) is 10.2 Å². The second kappa shape index (κ2) is 9.23. The van der Waals surface area contributed by atoms with E-state index in [1.165, 1.54) is 11.8 Å². The van der Waals surface area contributed by atoms with E-state index in [1.54, 1.807) is 0 Å². The normalized spacial score (nSPS) is 10.7. The van der Waals surface area contributed by atoms with Crippen LogP contribution < -0.4 is 11.1 Å². The van der Waals surface area contributed by atoms with Gasteiger partial charge in [-0.3, -0.25) is 14.7 Å². The second-order valence-electron chi connectivity index (χ2n) is 6.51. The van der Waals surface area contributed by atoms with Crippen LogP contribution in [0.2, 0.25) is 0 Å². The average molecular weight is 474 g/mol. The van der Waals surface area contributed by atoms with Gasteiger partial charge in [0.25, 0.3) is 0 Å².